The van der Waals surface area contributed by atoms with Crippen molar-refractivity contribution >= 4 is 38.9 Å². The third kappa shape index (κ3) is 3.11. The Kier molecular flexibility index (Phi) is 4.29. The molecule has 2 rings (SSSR count). The number of aryl methyl sites for hydroxylation is 1. The highest BCUT2D eigenvalue weighted by Crippen LogP contribution is 2.27. The van der Waals surface area contributed by atoms with Crippen molar-refractivity contribution in [2.45, 2.75) is 6.92 Å². The Morgan fingerprint density at radius 1 is 1.20 bits per heavy atom. The van der Waals surface area contributed by atoms with Crippen LogP contribution >= 0.6 is 15.9 Å². The van der Waals surface area contributed by atoms with E-state index in [4.69, 9.17) is 5.73 Å². The SMILES string of the molecule is CNC(=O)c1ccc(N)cc1Nc1ccc(C)c(Br)c1. The topological polar surface area (TPSA) is 67.2 Å². The van der Waals surface area contributed by atoms with Gasteiger partial charge in [0, 0.05) is 22.9 Å². The summed E-state index contributed by atoms with van der Waals surface area (Å²) in [7, 11) is 1.60. The average molecular weight is 334 g/mol. The third-order valence-corrected chi connectivity index (χ3v) is 3.82. The zero-order valence-electron chi connectivity index (χ0n) is 11.3. The van der Waals surface area contributed by atoms with E-state index in [0.29, 0.717) is 16.9 Å². The number of nitrogens with one attached hydrogen (secondary N) is 2. The minimum atomic E-state index is -0.154. The summed E-state index contributed by atoms with van der Waals surface area (Å²) in [5.41, 5.74) is 9.67. The van der Waals surface area contributed by atoms with Crippen LogP contribution in [0.4, 0.5) is 17.1 Å². The summed E-state index contributed by atoms with van der Waals surface area (Å²) in [6.45, 7) is 2.02. The van der Waals surface area contributed by atoms with Crippen LogP contribution in [-0.2, 0) is 0 Å². The summed E-state index contributed by atoms with van der Waals surface area (Å²) in [5, 5.41) is 5.84. The molecule has 0 saturated heterocycles. The minimum Gasteiger partial charge on any atom is -0.399 e. The molecule has 0 aliphatic carbocycles. The van der Waals surface area contributed by atoms with Crippen LogP contribution in [-0.4, -0.2) is 13.0 Å². The van der Waals surface area contributed by atoms with Crippen molar-refractivity contribution in [2.75, 3.05) is 18.1 Å². The first kappa shape index (κ1) is 14.4. The van der Waals surface area contributed by atoms with Gasteiger partial charge < -0.3 is 16.4 Å². The molecule has 4 nitrogen and oxygen atoms in total. The number of carbonyl (C=O) groups excluding carboxylic acids is 1. The van der Waals surface area contributed by atoms with Crippen molar-refractivity contribution in [1.29, 1.82) is 0 Å². The summed E-state index contributed by atoms with van der Waals surface area (Å²) >= 11 is 3.49. The average Bonchev–Trinajstić information content (AvgIpc) is 2.42. The predicted octanol–water partition coefficient (Wildman–Crippen LogP) is 3.44. The molecular weight excluding hydrogens is 318 g/mol. The molecule has 2 aromatic carbocycles. The second-order valence-corrected chi connectivity index (χ2v) is 5.33. The maximum Gasteiger partial charge on any atom is 0.253 e. The van der Waals surface area contributed by atoms with Crippen LogP contribution in [0, 0.1) is 6.92 Å². The van der Waals surface area contributed by atoms with E-state index in [2.05, 4.69) is 26.6 Å². The highest BCUT2D eigenvalue weighted by atomic mass is 79.9. The van der Waals surface area contributed by atoms with E-state index < -0.39 is 0 Å². The van der Waals surface area contributed by atoms with Crippen molar-refractivity contribution in [3.05, 3.63) is 52.0 Å². The Bertz CT molecular complexity index is 656. The second kappa shape index (κ2) is 5.96. The number of nitrogens with two attached hydrogens (primary N) is 1. The van der Waals surface area contributed by atoms with Gasteiger partial charge in [0.15, 0.2) is 0 Å². The molecule has 1 amide bonds. The minimum absolute atomic E-state index is 0.154. The second-order valence-electron chi connectivity index (χ2n) is 4.47. The maximum absolute atomic E-state index is 11.9. The highest BCUT2D eigenvalue weighted by Gasteiger charge is 2.10. The van der Waals surface area contributed by atoms with Crippen LogP contribution in [0.2, 0.25) is 0 Å². The summed E-state index contributed by atoms with van der Waals surface area (Å²) in [6, 6.07) is 11.1. The van der Waals surface area contributed by atoms with Crippen molar-refractivity contribution < 1.29 is 4.79 Å². The van der Waals surface area contributed by atoms with Gasteiger partial charge in [-0.15, -0.1) is 0 Å². The van der Waals surface area contributed by atoms with E-state index in [1.54, 1.807) is 25.2 Å². The van der Waals surface area contributed by atoms with E-state index in [-0.39, 0.29) is 5.91 Å². The summed E-state index contributed by atoms with van der Waals surface area (Å²) in [4.78, 5) is 11.9. The molecule has 104 valence electrons. The van der Waals surface area contributed by atoms with Crippen molar-refractivity contribution in [3.8, 4) is 0 Å². The van der Waals surface area contributed by atoms with Crippen molar-refractivity contribution in [1.82, 2.24) is 5.32 Å². The van der Waals surface area contributed by atoms with Gasteiger partial charge in [0.2, 0.25) is 0 Å². The highest BCUT2D eigenvalue weighted by molar-refractivity contribution is 9.10. The van der Waals surface area contributed by atoms with E-state index in [0.717, 1.165) is 15.7 Å². The molecule has 0 aliphatic heterocycles. The molecule has 0 aliphatic rings. The molecule has 0 unspecified atom stereocenters. The van der Waals surface area contributed by atoms with Gasteiger partial charge in [-0.05, 0) is 42.8 Å². The van der Waals surface area contributed by atoms with Gasteiger partial charge in [0.05, 0.1) is 11.3 Å². The molecule has 4 N–H and O–H groups in total. The molecule has 0 spiro atoms. The molecule has 0 atom stereocenters. The van der Waals surface area contributed by atoms with Crippen LogP contribution in [0.5, 0.6) is 0 Å². The molecule has 20 heavy (non-hydrogen) atoms. The lowest BCUT2D eigenvalue weighted by molar-refractivity contribution is 0.0964. The lowest BCUT2D eigenvalue weighted by atomic mass is 10.1. The number of nitrogen functional groups attached to an aromatic ring is 1. The monoisotopic (exact) mass is 333 g/mol. The third-order valence-electron chi connectivity index (χ3n) is 2.97. The van der Waals surface area contributed by atoms with Crippen LogP contribution < -0.4 is 16.4 Å². The van der Waals surface area contributed by atoms with E-state index >= 15 is 0 Å². The number of amides is 1. The van der Waals surface area contributed by atoms with Crippen molar-refractivity contribution in [3.63, 3.8) is 0 Å². The Labute approximate surface area is 126 Å². The van der Waals surface area contributed by atoms with Gasteiger partial charge in [0.1, 0.15) is 0 Å². The first-order valence-electron chi connectivity index (χ1n) is 6.16. The zero-order chi connectivity index (χ0) is 14.7. The van der Waals surface area contributed by atoms with Crippen LogP contribution in [0.1, 0.15) is 15.9 Å². The van der Waals surface area contributed by atoms with Crippen LogP contribution in [0.15, 0.2) is 40.9 Å². The fourth-order valence-corrected chi connectivity index (χ4v) is 2.20. The predicted molar refractivity (Wildman–Crippen MR) is 86.4 cm³/mol. The molecule has 5 heteroatoms. The number of hydrogen-bond donors (Lipinski definition) is 3. The normalized spacial score (nSPS) is 10.2. The lowest BCUT2D eigenvalue weighted by Crippen LogP contribution is -2.19. The van der Waals surface area contributed by atoms with Gasteiger partial charge in [-0.2, -0.15) is 0 Å². The zero-order valence-corrected chi connectivity index (χ0v) is 12.9. The summed E-state index contributed by atoms with van der Waals surface area (Å²) in [6.07, 6.45) is 0. The molecular formula is C15H16BrN3O. The Balaban J connectivity index is 2.38. The van der Waals surface area contributed by atoms with E-state index in [1.165, 1.54) is 0 Å². The number of rotatable bonds is 3. The molecule has 0 heterocycles. The van der Waals surface area contributed by atoms with E-state index in [1.807, 2.05) is 25.1 Å². The molecule has 0 fully saturated rings. The molecule has 0 radical (unpaired) electrons. The fourth-order valence-electron chi connectivity index (χ4n) is 1.82. The number of anilines is 3. The maximum atomic E-state index is 11.9. The van der Waals surface area contributed by atoms with Gasteiger partial charge >= 0.3 is 0 Å². The Hall–Kier alpha value is -2.01. The number of benzene rings is 2. The van der Waals surface area contributed by atoms with E-state index in [9.17, 15) is 4.79 Å². The molecule has 0 bridgehead atoms. The smallest absolute Gasteiger partial charge is 0.253 e. The quantitative estimate of drug-likeness (QED) is 0.753. The summed E-state index contributed by atoms with van der Waals surface area (Å²) in [5.74, 6) is -0.154. The largest absolute Gasteiger partial charge is 0.399 e. The Morgan fingerprint density at radius 3 is 2.60 bits per heavy atom. The first-order chi connectivity index (χ1) is 9.51. The molecule has 2 aromatic rings. The van der Waals surface area contributed by atoms with Gasteiger partial charge in [-0.1, -0.05) is 22.0 Å². The number of carbonyl (C=O) groups is 1. The van der Waals surface area contributed by atoms with Gasteiger partial charge in [-0.3, -0.25) is 4.79 Å². The lowest BCUT2D eigenvalue weighted by Gasteiger charge is -2.13. The molecule has 0 saturated carbocycles. The van der Waals surface area contributed by atoms with Gasteiger partial charge in [0.25, 0.3) is 5.91 Å². The first-order valence-corrected chi connectivity index (χ1v) is 6.95. The number of halogens is 1. The van der Waals surface area contributed by atoms with Gasteiger partial charge in [-0.25, -0.2) is 0 Å². The summed E-state index contributed by atoms with van der Waals surface area (Å²) < 4.78 is 1.01. The fraction of sp³-hybridized carbons (Fsp3) is 0.133. The van der Waals surface area contributed by atoms with Crippen LogP contribution in [0.25, 0.3) is 0 Å². The molecule has 0 aromatic heterocycles. The standard InChI is InChI=1S/C15H16BrN3O/c1-9-3-5-11(8-13(9)16)19-14-7-10(17)4-6-12(14)15(20)18-2/h3-8,19H,17H2,1-2H3,(H,18,20). The van der Waals surface area contributed by atoms with Crippen LogP contribution in [0.3, 0.4) is 0 Å². The number of hydrogen-bond acceptors (Lipinski definition) is 3. The Morgan fingerprint density at radius 2 is 1.95 bits per heavy atom. The van der Waals surface area contributed by atoms with Crippen molar-refractivity contribution in [2.24, 2.45) is 0 Å².